The van der Waals surface area contributed by atoms with Gasteiger partial charge in [-0.05, 0) is 23.6 Å². The zero-order chi connectivity index (χ0) is 11.9. The van der Waals surface area contributed by atoms with Crippen LogP contribution in [0.3, 0.4) is 0 Å². The highest BCUT2D eigenvalue weighted by atomic mass is 32.2. The second kappa shape index (κ2) is 3.87. The van der Waals surface area contributed by atoms with Crippen molar-refractivity contribution in [2.45, 2.75) is 25.3 Å². The van der Waals surface area contributed by atoms with E-state index in [2.05, 4.69) is 0 Å². The Morgan fingerprint density at radius 2 is 2.25 bits per heavy atom. The number of aryl methyl sites for hydroxylation is 1. The molecule has 0 aromatic heterocycles. The Morgan fingerprint density at radius 3 is 2.88 bits per heavy atom. The lowest BCUT2D eigenvalue weighted by atomic mass is 10.0. The summed E-state index contributed by atoms with van der Waals surface area (Å²) in [5.41, 5.74) is 1.68. The monoisotopic (exact) mass is 247 g/mol. The number of rotatable bonds is 2. The smallest absolute Gasteiger partial charge is 0.272 e. The molecule has 0 heterocycles. The van der Waals surface area contributed by atoms with Crippen LogP contribution >= 0.6 is 0 Å². The molecule has 0 fully saturated rings. The van der Waals surface area contributed by atoms with Crippen molar-refractivity contribution in [1.82, 2.24) is 4.72 Å². The van der Waals surface area contributed by atoms with Crippen LogP contribution in [0.1, 0.15) is 22.7 Å². The van der Waals surface area contributed by atoms with Crippen LogP contribution in [0.2, 0.25) is 0 Å². The van der Waals surface area contributed by atoms with Crippen molar-refractivity contribution in [2.24, 2.45) is 0 Å². The van der Waals surface area contributed by atoms with Gasteiger partial charge >= 0.3 is 0 Å². The molecule has 0 saturated carbocycles. The van der Waals surface area contributed by atoms with Gasteiger partial charge in [-0.2, -0.15) is 0 Å². The lowest BCUT2D eigenvalue weighted by Gasteiger charge is -2.20. The van der Waals surface area contributed by atoms with E-state index in [1.54, 1.807) is 25.1 Å². The number of benzene rings is 1. The fraction of sp³-hybridized carbons (Fsp3) is 0.400. The fourth-order valence-electron chi connectivity index (χ4n) is 2.12. The molecule has 3 nitrogen and oxygen atoms in total. The highest BCUT2D eigenvalue weighted by Gasteiger charge is 2.48. The van der Waals surface area contributed by atoms with E-state index in [9.17, 15) is 13.0 Å². The molecule has 1 aromatic carbocycles. The lowest BCUT2D eigenvalue weighted by molar-refractivity contribution is -0.0189. The maximum absolute atomic E-state index is 13.6. The van der Waals surface area contributed by atoms with Gasteiger partial charge in [-0.1, -0.05) is 18.2 Å². The van der Waals surface area contributed by atoms with E-state index in [4.69, 9.17) is 4.55 Å². The number of hydrogen-bond acceptors (Lipinski definition) is 1. The molecule has 2 atom stereocenters. The minimum Gasteiger partial charge on any atom is -0.294 e. The Kier molecular flexibility index (Phi) is 2.81. The maximum atomic E-state index is 13.6. The third-order valence-electron chi connectivity index (χ3n) is 2.77. The van der Waals surface area contributed by atoms with Gasteiger partial charge in [0, 0.05) is 6.42 Å². The molecule has 1 aliphatic carbocycles. The van der Waals surface area contributed by atoms with Crippen molar-refractivity contribution in [3.05, 3.63) is 34.9 Å². The average Bonchev–Trinajstić information content (AvgIpc) is 2.38. The summed E-state index contributed by atoms with van der Waals surface area (Å²) in [7, 11) is 0. The number of hydrogen-bond donors (Lipinski definition) is 2. The molecule has 0 bridgehead atoms. The fourth-order valence-corrected chi connectivity index (χ4v) is 2.61. The van der Waals surface area contributed by atoms with Crippen LogP contribution < -0.4 is 4.72 Å². The van der Waals surface area contributed by atoms with Crippen molar-refractivity contribution in [3.63, 3.8) is 0 Å². The van der Waals surface area contributed by atoms with E-state index in [-0.39, 0.29) is 0 Å². The third kappa shape index (κ3) is 1.88. The van der Waals surface area contributed by atoms with E-state index in [0.29, 0.717) is 16.7 Å². The van der Waals surface area contributed by atoms with Crippen LogP contribution in [-0.2, 0) is 17.7 Å². The number of nitrogens with one attached hydrogen (secondary N) is 1. The minimum atomic E-state index is -3.02. The van der Waals surface area contributed by atoms with Crippen molar-refractivity contribution in [2.75, 3.05) is 0 Å². The molecule has 1 aromatic rings. The number of alkyl halides is 2. The van der Waals surface area contributed by atoms with Crippen molar-refractivity contribution < 1.29 is 17.5 Å². The maximum Gasteiger partial charge on any atom is 0.272 e. The third-order valence-corrected chi connectivity index (χ3v) is 3.21. The Hall–Kier alpha value is -0.850. The van der Waals surface area contributed by atoms with E-state index in [0.717, 1.165) is 0 Å². The molecule has 0 spiro atoms. The summed E-state index contributed by atoms with van der Waals surface area (Å²) in [5, 5.41) is 0. The van der Waals surface area contributed by atoms with Gasteiger partial charge in [-0.25, -0.2) is 17.7 Å². The molecule has 2 rings (SSSR count). The Balaban J connectivity index is 2.47. The highest BCUT2D eigenvalue weighted by molar-refractivity contribution is 7.77. The zero-order valence-corrected chi connectivity index (χ0v) is 9.35. The van der Waals surface area contributed by atoms with E-state index in [1.165, 1.54) is 0 Å². The van der Waals surface area contributed by atoms with Gasteiger partial charge in [0.25, 0.3) is 5.92 Å². The van der Waals surface area contributed by atoms with Crippen LogP contribution in [0.5, 0.6) is 0 Å². The lowest BCUT2D eigenvalue weighted by Crippen LogP contribution is -2.35. The molecule has 88 valence electrons. The summed E-state index contributed by atoms with van der Waals surface area (Å²) < 4.78 is 48.6. The number of halogens is 2. The van der Waals surface area contributed by atoms with Gasteiger partial charge in [-0.3, -0.25) is 4.55 Å². The summed E-state index contributed by atoms with van der Waals surface area (Å²) in [4.78, 5) is 0. The Bertz CT molecular complexity index is 450. The summed E-state index contributed by atoms with van der Waals surface area (Å²) in [6.45, 7) is 1.72. The second-order valence-electron chi connectivity index (χ2n) is 3.89. The molecule has 1 unspecified atom stereocenters. The predicted octanol–water partition coefficient (Wildman–Crippen LogP) is 1.95. The molecule has 1 aliphatic rings. The summed E-state index contributed by atoms with van der Waals surface area (Å²) in [5.74, 6) is -3.02. The molecular weight excluding hydrogens is 236 g/mol. The van der Waals surface area contributed by atoms with Crippen LogP contribution in [0, 0.1) is 6.92 Å². The Morgan fingerprint density at radius 1 is 1.56 bits per heavy atom. The molecule has 0 saturated heterocycles. The zero-order valence-electron chi connectivity index (χ0n) is 8.54. The molecular formula is C10H11F2NO2S. The first-order valence-corrected chi connectivity index (χ1v) is 5.86. The molecule has 0 aliphatic heterocycles. The van der Waals surface area contributed by atoms with E-state index >= 15 is 0 Å². The number of fused-ring (bicyclic) bond motifs is 1. The summed E-state index contributed by atoms with van der Waals surface area (Å²) in [6, 6.07) is 3.67. The molecule has 0 amide bonds. The predicted molar refractivity (Wildman–Crippen MR) is 56.5 cm³/mol. The van der Waals surface area contributed by atoms with Crippen molar-refractivity contribution in [1.29, 1.82) is 0 Å². The molecule has 6 heteroatoms. The van der Waals surface area contributed by atoms with Gasteiger partial charge in [0.1, 0.15) is 6.04 Å². The first kappa shape index (κ1) is 11.6. The van der Waals surface area contributed by atoms with Crippen LogP contribution in [0.4, 0.5) is 8.78 Å². The normalized spacial score (nSPS) is 24.1. The van der Waals surface area contributed by atoms with Crippen molar-refractivity contribution in [3.8, 4) is 0 Å². The Labute approximate surface area is 94.3 Å². The van der Waals surface area contributed by atoms with Gasteiger partial charge in [-0.15, -0.1) is 0 Å². The topological polar surface area (TPSA) is 49.3 Å². The summed E-state index contributed by atoms with van der Waals surface area (Å²) >= 11 is -2.45. The van der Waals surface area contributed by atoms with Crippen LogP contribution in [-0.4, -0.2) is 14.7 Å². The first-order valence-electron chi connectivity index (χ1n) is 4.75. The quantitative estimate of drug-likeness (QED) is 0.785. The van der Waals surface area contributed by atoms with Crippen LogP contribution in [0.25, 0.3) is 0 Å². The van der Waals surface area contributed by atoms with E-state index < -0.39 is 29.7 Å². The molecule has 16 heavy (non-hydrogen) atoms. The van der Waals surface area contributed by atoms with E-state index in [1.807, 2.05) is 4.72 Å². The standard InChI is InChI=1S/C10H11F2NO2S/c1-6-3-2-4-7-5-10(11,12)9(8(6)7)13-16(14)15/h2-4,9,13H,5H2,1H3,(H,14,15)/t9-/m0/s1. The van der Waals surface area contributed by atoms with Gasteiger partial charge < -0.3 is 0 Å². The van der Waals surface area contributed by atoms with Gasteiger partial charge in [0.15, 0.2) is 0 Å². The molecule has 2 N–H and O–H groups in total. The van der Waals surface area contributed by atoms with Gasteiger partial charge in [0.05, 0.1) is 0 Å². The summed E-state index contributed by atoms with van der Waals surface area (Å²) in [6.07, 6.45) is -0.390. The van der Waals surface area contributed by atoms with Crippen molar-refractivity contribution >= 4 is 11.3 Å². The minimum absolute atomic E-state index is 0.390. The van der Waals surface area contributed by atoms with Gasteiger partial charge in [0.2, 0.25) is 11.3 Å². The SMILES string of the molecule is Cc1cccc2c1[C@H](NS(=O)O)C(F)(F)C2. The first-order chi connectivity index (χ1) is 7.42. The highest BCUT2D eigenvalue weighted by Crippen LogP contribution is 2.44. The second-order valence-corrected chi connectivity index (χ2v) is 4.62. The largest absolute Gasteiger partial charge is 0.294 e. The van der Waals surface area contributed by atoms with Crippen LogP contribution in [0.15, 0.2) is 18.2 Å². The average molecular weight is 247 g/mol. The molecule has 0 radical (unpaired) electrons.